The van der Waals surface area contributed by atoms with Crippen LogP contribution in [0.1, 0.15) is 6.92 Å². The minimum atomic E-state index is 0.688. The van der Waals surface area contributed by atoms with Crippen molar-refractivity contribution in [2.45, 2.75) is 10.8 Å². The van der Waals surface area contributed by atoms with Crippen molar-refractivity contribution in [3.05, 3.63) is 30.3 Å². The fraction of sp³-hybridized carbons (Fsp3) is 0.400. The summed E-state index contributed by atoms with van der Waals surface area (Å²) in [6.07, 6.45) is 0. The largest absolute Gasteiger partial charge is 0.374 e. The first kappa shape index (κ1) is 9.84. The summed E-state index contributed by atoms with van der Waals surface area (Å²) in [5, 5.41) is 0. The Hall–Kier alpha value is -0.250. The highest BCUT2D eigenvalue weighted by molar-refractivity contribution is 14.1. The zero-order chi connectivity index (χ0) is 8.97. The maximum Gasteiger partial charge on any atom is 0.0363 e. The van der Waals surface area contributed by atoms with E-state index in [2.05, 4.69) is 65.7 Å². The molecule has 0 radical (unpaired) electrons. The highest BCUT2D eigenvalue weighted by atomic mass is 127. The Morgan fingerprint density at radius 1 is 1.33 bits per heavy atom. The molecule has 66 valence electrons. The molecule has 0 heterocycles. The van der Waals surface area contributed by atoms with E-state index in [-0.39, 0.29) is 0 Å². The predicted octanol–water partition coefficient (Wildman–Crippen LogP) is 2.95. The minimum absolute atomic E-state index is 0.688. The molecule has 1 aromatic carbocycles. The van der Waals surface area contributed by atoms with Gasteiger partial charge in [-0.25, -0.2) is 0 Å². The molecule has 1 rings (SSSR count). The molecule has 0 saturated heterocycles. The Morgan fingerprint density at radius 3 is 2.42 bits per heavy atom. The third-order valence-electron chi connectivity index (χ3n) is 1.72. The molecule has 1 atom stereocenters. The molecular weight excluding hydrogens is 261 g/mol. The van der Waals surface area contributed by atoms with Crippen LogP contribution in [-0.4, -0.2) is 17.5 Å². The van der Waals surface area contributed by atoms with Crippen LogP contribution in [0.25, 0.3) is 0 Å². The normalized spacial score (nSPS) is 12.6. The average molecular weight is 275 g/mol. The molecule has 2 heteroatoms. The zero-order valence-electron chi connectivity index (χ0n) is 7.50. The van der Waals surface area contributed by atoms with Gasteiger partial charge in [-0.3, -0.25) is 0 Å². The molecular formula is C10H14IN. The number of anilines is 1. The van der Waals surface area contributed by atoms with E-state index < -0.39 is 0 Å². The Morgan fingerprint density at radius 2 is 1.92 bits per heavy atom. The molecule has 0 N–H and O–H groups in total. The first-order valence-electron chi connectivity index (χ1n) is 4.10. The van der Waals surface area contributed by atoms with Crippen molar-refractivity contribution in [1.82, 2.24) is 0 Å². The maximum atomic E-state index is 2.44. The second-order valence-corrected chi connectivity index (χ2v) is 5.12. The SMILES string of the molecule is C[C@@H](I)CN(C)c1ccccc1. The van der Waals surface area contributed by atoms with Crippen LogP contribution in [0.15, 0.2) is 30.3 Å². The molecule has 0 saturated carbocycles. The van der Waals surface area contributed by atoms with Crippen molar-refractivity contribution in [3.8, 4) is 0 Å². The molecule has 12 heavy (non-hydrogen) atoms. The fourth-order valence-electron chi connectivity index (χ4n) is 1.17. The van der Waals surface area contributed by atoms with Crippen LogP contribution in [0, 0.1) is 0 Å². The van der Waals surface area contributed by atoms with Crippen LogP contribution < -0.4 is 4.90 Å². The molecule has 0 fully saturated rings. The third kappa shape index (κ3) is 3.01. The van der Waals surface area contributed by atoms with E-state index >= 15 is 0 Å². The molecule has 0 bridgehead atoms. The van der Waals surface area contributed by atoms with Crippen molar-refractivity contribution < 1.29 is 0 Å². The lowest BCUT2D eigenvalue weighted by molar-refractivity contribution is 0.888. The van der Waals surface area contributed by atoms with E-state index in [1.807, 2.05) is 6.07 Å². The minimum Gasteiger partial charge on any atom is -0.374 e. The topological polar surface area (TPSA) is 3.24 Å². The van der Waals surface area contributed by atoms with Crippen molar-refractivity contribution in [2.24, 2.45) is 0 Å². The number of para-hydroxylation sites is 1. The van der Waals surface area contributed by atoms with E-state index in [1.54, 1.807) is 0 Å². The van der Waals surface area contributed by atoms with Gasteiger partial charge in [0.2, 0.25) is 0 Å². The van der Waals surface area contributed by atoms with Gasteiger partial charge >= 0.3 is 0 Å². The number of alkyl halides is 1. The van der Waals surface area contributed by atoms with Gasteiger partial charge in [0, 0.05) is 23.2 Å². The summed E-state index contributed by atoms with van der Waals surface area (Å²) in [6.45, 7) is 3.32. The maximum absolute atomic E-state index is 2.44. The third-order valence-corrected chi connectivity index (χ3v) is 2.12. The van der Waals surface area contributed by atoms with E-state index in [0.717, 1.165) is 6.54 Å². The molecule has 1 aromatic rings. The summed E-state index contributed by atoms with van der Waals surface area (Å²) in [6, 6.07) is 10.5. The molecule has 0 aliphatic heterocycles. The van der Waals surface area contributed by atoms with Crippen molar-refractivity contribution in [3.63, 3.8) is 0 Å². The lowest BCUT2D eigenvalue weighted by Gasteiger charge is -2.20. The van der Waals surface area contributed by atoms with Crippen LogP contribution >= 0.6 is 22.6 Å². The number of nitrogens with zero attached hydrogens (tertiary/aromatic N) is 1. The van der Waals surface area contributed by atoms with Gasteiger partial charge in [-0.1, -0.05) is 47.7 Å². The van der Waals surface area contributed by atoms with E-state index in [1.165, 1.54) is 5.69 Å². The van der Waals surface area contributed by atoms with Gasteiger partial charge in [-0.2, -0.15) is 0 Å². The van der Waals surface area contributed by atoms with Gasteiger partial charge in [0.15, 0.2) is 0 Å². The number of halogens is 1. The number of hydrogen-bond acceptors (Lipinski definition) is 1. The zero-order valence-corrected chi connectivity index (χ0v) is 9.65. The van der Waals surface area contributed by atoms with Crippen LogP contribution in [0.4, 0.5) is 5.69 Å². The number of hydrogen-bond donors (Lipinski definition) is 0. The second-order valence-electron chi connectivity index (χ2n) is 3.00. The summed E-state index contributed by atoms with van der Waals surface area (Å²) in [4.78, 5) is 2.27. The molecule has 0 amide bonds. The standard InChI is InChI=1S/C10H14IN/c1-9(11)8-12(2)10-6-4-3-5-7-10/h3-7,9H,8H2,1-2H3/t9-/m1/s1. The Balaban J connectivity index is 2.59. The monoisotopic (exact) mass is 275 g/mol. The van der Waals surface area contributed by atoms with Crippen LogP contribution in [0.3, 0.4) is 0 Å². The van der Waals surface area contributed by atoms with Gasteiger partial charge in [-0.15, -0.1) is 0 Å². The fourth-order valence-corrected chi connectivity index (χ4v) is 1.76. The summed E-state index contributed by atoms with van der Waals surface area (Å²) in [7, 11) is 2.13. The average Bonchev–Trinajstić information content (AvgIpc) is 2.05. The quantitative estimate of drug-likeness (QED) is 0.605. The van der Waals surface area contributed by atoms with Crippen LogP contribution in [-0.2, 0) is 0 Å². The van der Waals surface area contributed by atoms with Crippen LogP contribution in [0.5, 0.6) is 0 Å². The molecule has 1 nitrogen and oxygen atoms in total. The van der Waals surface area contributed by atoms with Gasteiger partial charge < -0.3 is 4.90 Å². The van der Waals surface area contributed by atoms with E-state index in [4.69, 9.17) is 0 Å². The van der Waals surface area contributed by atoms with Gasteiger partial charge in [0.05, 0.1) is 0 Å². The number of benzene rings is 1. The summed E-state index contributed by atoms with van der Waals surface area (Å²) >= 11 is 2.44. The highest BCUT2D eigenvalue weighted by Gasteiger charge is 2.02. The van der Waals surface area contributed by atoms with Gasteiger partial charge in [0.25, 0.3) is 0 Å². The predicted molar refractivity (Wildman–Crippen MR) is 63.2 cm³/mol. The van der Waals surface area contributed by atoms with Crippen molar-refractivity contribution in [2.75, 3.05) is 18.5 Å². The smallest absolute Gasteiger partial charge is 0.0363 e. The Kier molecular flexibility index (Phi) is 3.85. The van der Waals surface area contributed by atoms with Gasteiger partial charge in [0.1, 0.15) is 0 Å². The van der Waals surface area contributed by atoms with Crippen molar-refractivity contribution >= 4 is 28.3 Å². The number of rotatable bonds is 3. The summed E-state index contributed by atoms with van der Waals surface area (Å²) in [5.74, 6) is 0. The molecule has 0 spiro atoms. The molecule has 0 aromatic heterocycles. The molecule has 0 aliphatic carbocycles. The van der Waals surface area contributed by atoms with E-state index in [9.17, 15) is 0 Å². The summed E-state index contributed by atoms with van der Waals surface area (Å²) < 4.78 is 0.688. The first-order valence-corrected chi connectivity index (χ1v) is 5.35. The summed E-state index contributed by atoms with van der Waals surface area (Å²) in [5.41, 5.74) is 1.29. The van der Waals surface area contributed by atoms with Crippen molar-refractivity contribution in [1.29, 1.82) is 0 Å². The highest BCUT2D eigenvalue weighted by Crippen LogP contribution is 2.12. The van der Waals surface area contributed by atoms with Crippen LogP contribution in [0.2, 0.25) is 0 Å². The Labute approximate surface area is 87.9 Å². The van der Waals surface area contributed by atoms with E-state index in [0.29, 0.717) is 3.92 Å². The lowest BCUT2D eigenvalue weighted by atomic mass is 10.3. The Bertz CT molecular complexity index is 221. The second kappa shape index (κ2) is 4.70. The van der Waals surface area contributed by atoms with Gasteiger partial charge in [-0.05, 0) is 12.1 Å². The first-order chi connectivity index (χ1) is 5.70. The molecule has 0 aliphatic rings. The lowest BCUT2D eigenvalue weighted by Crippen LogP contribution is -2.23. The molecule has 0 unspecified atom stereocenters.